The number of nitrogens with one attached hydrogen (secondary N) is 1. The average molecular weight is 289 g/mol. The number of piperidine rings is 1. The lowest BCUT2D eigenvalue weighted by molar-refractivity contribution is 0.175. The molecule has 118 valence electrons. The zero-order valence-electron chi connectivity index (χ0n) is 14.1. The molecular weight excluding hydrogens is 258 g/mol. The van der Waals surface area contributed by atoms with Crippen molar-refractivity contribution in [1.29, 1.82) is 0 Å². The second kappa shape index (κ2) is 7.90. The van der Waals surface area contributed by atoms with Gasteiger partial charge in [0.15, 0.2) is 0 Å². The van der Waals surface area contributed by atoms with Gasteiger partial charge in [0.05, 0.1) is 0 Å². The Kier molecular flexibility index (Phi) is 6.19. The van der Waals surface area contributed by atoms with Gasteiger partial charge in [0.1, 0.15) is 0 Å². The summed E-state index contributed by atoms with van der Waals surface area (Å²) in [6, 6.07) is 5.34. The first-order chi connectivity index (χ1) is 10.0. The van der Waals surface area contributed by atoms with E-state index >= 15 is 0 Å². The standard InChI is InChI=1S/C18H31N3/c1-14(2)13-21-10-7-17(8-11-21)20-16(4)12-18-15(3)6-5-9-19-18/h5-6,9,14,16-17,20H,7-8,10-13H2,1-4H3/t16-/m0/s1. The maximum absolute atomic E-state index is 4.51. The molecule has 1 saturated heterocycles. The smallest absolute Gasteiger partial charge is 0.0448 e. The van der Waals surface area contributed by atoms with Crippen LogP contribution in [0.4, 0.5) is 0 Å². The molecule has 0 saturated carbocycles. The number of aromatic nitrogens is 1. The van der Waals surface area contributed by atoms with Crippen molar-refractivity contribution >= 4 is 0 Å². The largest absolute Gasteiger partial charge is 0.311 e. The lowest BCUT2D eigenvalue weighted by Crippen LogP contribution is -2.46. The fourth-order valence-corrected chi connectivity index (χ4v) is 3.28. The van der Waals surface area contributed by atoms with Crippen LogP contribution in [0.3, 0.4) is 0 Å². The number of pyridine rings is 1. The fourth-order valence-electron chi connectivity index (χ4n) is 3.28. The summed E-state index contributed by atoms with van der Waals surface area (Å²) in [5.41, 5.74) is 2.53. The highest BCUT2D eigenvalue weighted by molar-refractivity contribution is 5.18. The molecule has 0 bridgehead atoms. The van der Waals surface area contributed by atoms with Crippen LogP contribution in [0.25, 0.3) is 0 Å². The molecule has 2 rings (SSSR count). The molecule has 1 N–H and O–H groups in total. The molecular formula is C18H31N3. The maximum atomic E-state index is 4.51. The number of aryl methyl sites for hydroxylation is 1. The van der Waals surface area contributed by atoms with Crippen molar-refractivity contribution < 1.29 is 0 Å². The summed E-state index contributed by atoms with van der Waals surface area (Å²) in [5, 5.41) is 3.80. The second-order valence-corrected chi connectivity index (χ2v) is 7.01. The minimum Gasteiger partial charge on any atom is -0.311 e. The van der Waals surface area contributed by atoms with E-state index in [1.54, 1.807) is 0 Å². The van der Waals surface area contributed by atoms with Crippen molar-refractivity contribution in [2.75, 3.05) is 19.6 Å². The Morgan fingerprint density at radius 2 is 2.00 bits per heavy atom. The number of hydrogen-bond acceptors (Lipinski definition) is 3. The third kappa shape index (κ3) is 5.40. The molecule has 1 aromatic heterocycles. The Morgan fingerprint density at radius 3 is 2.62 bits per heavy atom. The quantitative estimate of drug-likeness (QED) is 0.872. The van der Waals surface area contributed by atoms with Gasteiger partial charge in [-0.3, -0.25) is 4.98 Å². The minimum atomic E-state index is 0.500. The zero-order chi connectivity index (χ0) is 15.2. The van der Waals surface area contributed by atoms with Crippen molar-refractivity contribution in [1.82, 2.24) is 15.2 Å². The van der Waals surface area contributed by atoms with E-state index < -0.39 is 0 Å². The van der Waals surface area contributed by atoms with E-state index in [1.807, 2.05) is 12.3 Å². The average Bonchev–Trinajstić information content (AvgIpc) is 2.43. The van der Waals surface area contributed by atoms with Gasteiger partial charge >= 0.3 is 0 Å². The van der Waals surface area contributed by atoms with Gasteiger partial charge in [0.25, 0.3) is 0 Å². The first-order valence-electron chi connectivity index (χ1n) is 8.43. The minimum absolute atomic E-state index is 0.500. The monoisotopic (exact) mass is 289 g/mol. The van der Waals surface area contributed by atoms with E-state index in [2.05, 4.69) is 49.0 Å². The summed E-state index contributed by atoms with van der Waals surface area (Å²) in [7, 11) is 0. The summed E-state index contributed by atoms with van der Waals surface area (Å²) in [6.07, 6.45) is 5.48. The Balaban J connectivity index is 1.74. The van der Waals surface area contributed by atoms with E-state index in [0.717, 1.165) is 12.3 Å². The molecule has 1 fully saturated rings. The molecule has 1 aliphatic rings. The van der Waals surface area contributed by atoms with Crippen molar-refractivity contribution in [2.24, 2.45) is 5.92 Å². The highest BCUT2D eigenvalue weighted by Gasteiger charge is 2.21. The van der Waals surface area contributed by atoms with Crippen molar-refractivity contribution in [2.45, 2.75) is 59.0 Å². The van der Waals surface area contributed by atoms with Gasteiger partial charge in [-0.15, -0.1) is 0 Å². The molecule has 3 nitrogen and oxygen atoms in total. The SMILES string of the molecule is Cc1cccnc1C[C@H](C)NC1CCN(CC(C)C)CC1. The van der Waals surface area contributed by atoms with Gasteiger partial charge in [0.2, 0.25) is 0 Å². The van der Waals surface area contributed by atoms with Crippen LogP contribution in [-0.2, 0) is 6.42 Å². The van der Waals surface area contributed by atoms with Crippen LogP contribution in [0, 0.1) is 12.8 Å². The van der Waals surface area contributed by atoms with Crippen LogP contribution in [0.5, 0.6) is 0 Å². The number of likely N-dealkylation sites (tertiary alicyclic amines) is 1. The zero-order valence-corrected chi connectivity index (χ0v) is 14.1. The van der Waals surface area contributed by atoms with Gasteiger partial charge in [-0.05, 0) is 57.3 Å². The number of rotatable bonds is 6. The molecule has 1 aromatic rings. The highest BCUT2D eigenvalue weighted by atomic mass is 15.1. The normalized spacial score (nSPS) is 19.1. The van der Waals surface area contributed by atoms with Gasteiger partial charge in [-0.1, -0.05) is 19.9 Å². The Labute approximate surface area is 130 Å². The molecule has 3 heteroatoms. The molecule has 0 unspecified atom stereocenters. The van der Waals surface area contributed by atoms with Crippen LogP contribution in [0.2, 0.25) is 0 Å². The lowest BCUT2D eigenvalue weighted by atomic mass is 10.0. The summed E-state index contributed by atoms with van der Waals surface area (Å²) in [5.74, 6) is 0.778. The summed E-state index contributed by atoms with van der Waals surface area (Å²) in [4.78, 5) is 7.12. The second-order valence-electron chi connectivity index (χ2n) is 7.01. The summed E-state index contributed by atoms with van der Waals surface area (Å²) in [6.45, 7) is 12.8. The van der Waals surface area contributed by atoms with E-state index in [4.69, 9.17) is 0 Å². The molecule has 1 aliphatic heterocycles. The fraction of sp³-hybridized carbons (Fsp3) is 0.722. The third-order valence-corrected chi connectivity index (χ3v) is 4.35. The first-order valence-corrected chi connectivity index (χ1v) is 8.43. The Morgan fingerprint density at radius 1 is 1.29 bits per heavy atom. The number of nitrogens with zero attached hydrogens (tertiary/aromatic N) is 2. The summed E-state index contributed by atoms with van der Waals surface area (Å²) >= 11 is 0. The Hall–Kier alpha value is -0.930. The van der Waals surface area contributed by atoms with Crippen LogP contribution in [-0.4, -0.2) is 41.6 Å². The Bertz CT molecular complexity index is 422. The molecule has 1 atom stereocenters. The van der Waals surface area contributed by atoms with Crippen molar-refractivity contribution in [3.63, 3.8) is 0 Å². The van der Waals surface area contributed by atoms with E-state index in [9.17, 15) is 0 Å². The van der Waals surface area contributed by atoms with Crippen molar-refractivity contribution in [3.05, 3.63) is 29.6 Å². The topological polar surface area (TPSA) is 28.2 Å². The predicted octanol–water partition coefficient (Wildman–Crippen LogP) is 3.03. The number of hydrogen-bond donors (Lipinski definition) is 1. The summed E-state index contributed by atoms with van der Waals surface area (Å²) < 4.78 is 0. The van der Waals surface area contributed by atoms with Crippen molar-refractivity contribution in [3.8, 4) is 0 Å². The van der Waals surface area contributed by atoms with Crippen LogP contribution < -0.4 is 5.32 Å². The van der Waals surface area contributed by atoms with Crippen LogP contribution >= 0.6 is 0 Å². The maximum Gasteiger partial charge on any atom is 0.0448 e. The molecule has 21 heavy (non-hydrogen) atoms. The molecule has 0 radical (unpaired) electrons. The van der Waals surface area contributed by atoms with Gasteiger partial charge < -0.3 is 10.2 Å². The van der Waals surface area contributed by atoms with Gasteiger partial charge in [-0.25, -0.2) is 0 Å². The molecule has 0 aliphatic carbocycles. The molecule has 0 amide bonds. The third-order valence-electron chi connectivity index (χ3n) is 4.35. The molecule has 0 spiro atoms. The van der Waals surface area contributed by atoms with Gasteiger partial charge in [-0.2, -0.15) is 0 Å². The first kappa shape index (κ1) is 16.4. The van der Waals surface area contributed by atoms with Crippen LogP contribution in [0.1, 0.15) is 44.9 Å². The predicted molar refractivity (Wildman–Crippen MR) is 89.6 cm³/mol. The molecule has 2 heterocycles. The van der Waals surface area contributed by atoms with E-state index in [1.165, 1.54) is 43.7 Å². The van der Waals surface area contributed by atoms with E-state index in [-0.39, 0.29) is 0 Å². The van der Waals surface area contributed by atoms with Gasteiger partial charge in [0, 0.05) is 36.9 Å². The van der Waals surface area contributed by atoms with Crippen LogP contribution in [0.15, 0.2) is 18.3 Å². The molecule has 0 aromatic carbocycles. The highest BCUT2D eigenvalue weighted by Crippen LogP contribution is 2.14. The van der Waals surface area contributed by atoms with E-state index in [0.29, 0.717) is 12.1 Å². The lowest BCUT2D eigenvalue weighted by Gasteiger charge is -2.34.